The monoisotopic (exact) mass is 534 g/mol. The Morgan fingerprint density at radius 1 is 1.31 bits per heavy atom. The second kappa shape index (κ2) is 11.7. The van der Waals surface area contributed by atoms with Crippen LogP contribution < -0.4 is 10.1 Å². The van der Waals surface area contributed by atoms with Crippen LogP contribution in [0.1, 0.15) is 45.2 Å². The molecule has 0 bridgehead atoms. The van der Waals surface area contributed by atoms with Gasteiger partial charge in [-0.25, -0.2) is 4.79 Å². The third-order valence-corrected chi connectivity index (χ3v) is 7.55. The Bertz CT molecular complexity index is 1250. The second-order valence-corrected chi connectivity index (χ2v) is 10.3. The Labute approximate surface area is 217 Å². The second-order valence-electron chi connectivity index (χ2n) is 7.73. The van der Waals surface area contributed by atoms with Crippen molar-refractivity contribution in [2.75, 3.05) is 18.2 Å². The maximum atomic E-state index is 12.7. The number of anilines is 1. The van der Waals surface area contributed by atoms with E-state index in [1.807, 2.05) is 44.4 Å². The van der Waals surface area contributed by atoms with Gasteiger partial charge >= 0.3 is 5.97 Å². The number of thiophene rings is 1. The van der Waals surface area contributed by atoms with E-state index in [4.69, 9.17) is 21.1 Å². The molecule has 186 valence electrons. The number of carbonyl (C=O) groups is 2. The Morgan fingerprint density at radius 3 is 2.71 bits per heavy atom. The standard InChI is InChI=1S/C24H27ClN4O4S2/c1-7-10-29-21(15(4)33-18-9-8-17(25)11-13(18)2)27-28-24(29)34-12-19(30)26-22-20(23(31)32-6)14(3)16(5)35-22/h7-9,11,15H,1,10,12H2,2-6H3,(H,26,30). The van der Waals surface area contributed by atoms with E-state index in [1.165, 1.54) is 30.2 Å². The van der Waals surface area contributed by atoms with E-state index in [0.717, 1.165) is 16.0 Å². The highest BCUT2D eigenvalue weighted by Gasteiger charge is 2.23. The van der Waals surface area contributed by atoms with Crippen LogP contribution in [-0.2, 0) is 16.1 Å². The number of carbonyl (C=O) groups excluding carboxylic acids is 2. The molecule has 35 heavy (non-hydrogen) atoms. The van der Waals surface area contributed by atoms with E-state index < -0.39 is 12.1 Å². The lowest BCUT2D eigenvalue weighted by molar-refractivity contribution is -0.113. The first-order valence-corrected chi connectivity index (χ1v) is 12.9. The van der Waals surface area contributed by atoms with Gasteiger partial charge in [0.15, 0.2) is 17.1 Å². The Kier molecular flexibility index (Phi) is 8.98. The van der Waals surface area contributed by atoms with Crippen molar-refractivity contribution in [3.8, 4) is 5.75 Å². The number of hydrogen-bond acceptors (Lipinski definition) is 8. The molecule has 1 amide bonds. The van der Waals surface area contributed by atoms with Crippen LogP contribution in [0, 0.1) is 20.8 Å². The summed E-state index contributed by atoms with van der Waals surface area (Å²) in [7, 11) is 1.32. The smallest absolute Gasteiger partial charge is 0.341 e. The van der Waals surface area contributed by atoms with Crippen molar-refractivity contribution in [2.24, 2.45) is 0 Å². The molecule has 0 radical (unpaired) electrons. The highest BCUT2D eigenvalue weighted by Crippen LogP contribution is 2.33. The number of ether oxygens (including phenoxy) is 2. The van der Waals surface area contributed by atoms with Crippen LogP contribution in [0.3, 0.4) is 0 Å². The molecule has 0 aliphatic carbocycles. The van der Waals surface area contributed by atoms with E-state index in [9.17, 15) is 9.59 Å². The third kappa shape index (κ3) is 6.25. The van der Waals surface area contributed by atoms with Gasteiger partial charge in [-0.05, 0) is 57.0 Å². The van der Waals surface area contributed by atoms with Gasteiger partial charge in [0.05, 0.1) is 18.4 Å². The summed E-state index contributed by atoms with van der Waals surface area (Å²) in [5.74, 6) is 0.649. The van der Waals surface area contributed by atoms with Crippen LogP contribution in [0.25, 0.3) is 0 Å². The van der Waals surface area contributed by atoms with Gasteiger partial charge in [-0.3, -0.25) is 9.36 Å². The molecular formula is C24H27ClN4O4S2. The number of nitrogens with one attached hydrogen (secondary N) is 1. The zero-order valence-corrected chi connectivity index (χ0v) is 22.6. The highest BCUT2D eigenvalue weighted by atomic mass is 35.5. The van der Waals surface area contributed by atoms with E-state index in [0.29, 0.717) is 38.9 Å². The van der Waals surface area contributed by atoms with Crippen LogP contribution in [0.5, 0.6) is 5.75 Å². The molecule has 0 aliphatic rings. The number of amides is 1. The molecular weight excluding hydrogens is 508 g/mol. The van der Waals surface area contributed by atoms with Crippen LogP contribution in [-0.4, -0.2) is 39.5 Å². The van der Waals surface area contributed by atoms with Crippen molar-refractivity contribution in [1.29, 1.82) is 0 Å². The normalized spacial score (nSPS) is 11.7. The number of methoxy groups -OCH3 is 1. The molecule has 1 aromatic carbocycles. The first kappa shape index (κ1) is 26.8. The number of aromatic nitrogens is 3. The third-order valence-electron chi connectivity index (χ3n) is 5.22. The van der Waals surface area contributed by atoms with Crippen molar-refractivity contribution < 1.29 is 19.1 Å². The van der Waals surface area contributed by atoms with Gasteiger partial charge in [0.2, 0.25) is 5.91 Å². The van der Waals surface area contributed by atoms with Crippen LogP contribution in [0.15, 0.2) is 36.0 Å². The Hall–Kier alpha value is -2.82. The molecule has 1 N–H and O–H groups in total. The summed E-state index contributed by atoms with van der Waals surface area (Å²) in [6.45, 7) is 11.8. The van der Waals surface area contributed by atoms with Gasteiger partial charge in [0.1, 0.15) is 10.8 Å². The van der Waals surface area contributed by atoms with Gasteiger partial charge in [0.25, 0.3) is 0 Å². The van der Waals surface area contributed by atoms with Crippen molar-refractivity contribution >= 4 is 51.6 Å². The van der Waals surface area contributed by atoms with Crippen LogP contribution in [0.4, 0.5) is 5.00 Å². The van der Waals surface area contributed by atoms with Gasteiger partial charge in [0, 0.05) is 16.4 Å². The summed E-state index contributed by atoms with van der Waals surface area (Å²) >= 11 is 8.62. The molecule has 8 nitrogen and oxygen atoms in total. The summed E-state index contributed by atoms with van der Waals surface area (Å²) in [6, 6.07) is 5.42. The lowest BCUT2D eigenvalue weighted by atomic mass is 10.1. The molecule has 3 aromatic rings. The topological polar surface area (TPSA) is 95.3 Å². The molecule has 0 fully saturated rings. The van der Waals surface area contributed by atoms with Gasteiger partial charge in [-0.2, -0.15) is 0 Å². The minimum Gasteiger partial charge on any atom is -0.482 e. The number of allylic oxidation sites excluding steroid dienone is 1. The zero-order valence-electron chi connectivity index (χ0n) is 20.2. The molecule has 2 heterocycles. The summed E-state index contributed by atoms with van der Waals surface area (Å²) in [5, 5.41) is 13.1. The van der Waals surface area contributed by atoms with E-state index in [2.05, 4.69) is 22.1 Å². The number of esters is 1. The first-order chi connectivity index (χ1) is 16.7. The van der Waals surface area contributed by atoms with Crippen LogP contribution >= 0.6 is 34.7 Å². The van der Waals surface area contributed by atoms with Crippen molar-refractivity contribution in [3.63, 3.8) is 0 Å². The number of nitrogens with zero attached hydrogens (tertiary/aromatic N) is 3. The summed E-state index contributed by atoms with van der Waals surface area (Å²) in [5.41, 5.74) is 2.09. The minimum atomic E-state index is -0.477. The number of rotatable bonds is 10. The van der Waals surface area contributed by atoms with Gasteiger partial charge in [-0.1, -0.05) is 29.4 Å². The Balaban J connectivity index is 1.72. The Morgan fingerprint density at radius 2 is 2.06 bits per heavy atom. The number of benzene rings is 1. The minimum absolute atomic E-state index is 0.0808. The fourth-order valence-corrected chi connectivity index (χ4v) is 5.40. The molecule has 0 saturated heterocycles. The largest absolute Gasteiger partial charge is 0.482 e. The maximum Gasteiger partial charge on any atom is 0.341 e. The average molecular weight is 535 g/mol. The zero-order chi connectivity index (χ0) is 25.7. The van der Waals surface area contributed by atoms with E-state index >= 15 is 0 Å². The van der Waals surface area contributed by atoms with Crippen molar-refractivity contribution in [3.05, 3.63) is 63.3 Å². The fourth-order valence-electron chi connectivity index (χ4n) is 3.35. The predicted molar refractivity (Wildman–Crippen MR) is 140 cm³/mol. The quantitative estimate of drug-likeness (QED) is 0.200. The number of aryl methyl sites for hydroxylation is 2. The molecule has 0 saturated carbocycles. The summed E-state index contributed by atoms with van der Waals surface area (Å²) < 4.78 is 12.8. The molecule has 1 unspecified atom stereocenters. The number of halogens is 1. The maximum absolute atomic E-state index is 12.7. The van der Waals surface area contributed by atoms with Crippen molar-refractivity contribution in [2.45, 2.75) is 45.5 Å². The molecule has 2 aromatic heterocycles. The van der Waals surface area contributed by atoms with E-state index in [1.54, 1.807) is 12.1 Å². The number of thioether (sulfide) groups is 1. The van der Waals surface area contributed by atoms with Crippen LogP contribution in [0.2, 0.25) is 5.02 Å². The molecule has 0 spiro atoms. The highest BCUT2D eigenvalue weighted by molar-refractivity contribution is 7.99. The average Bonchev–Trinajstić information content (AvgIpc) is 3.34. The van der Waals surface area contributed by atoms with Gasteiger partial charge < -0.3 is 14.8 Å². The number of hydrogen-bond donors (Lipinski definition) is 1. The summed E-state index contributed by atoms with van der Waals surface area (Å²) in [4.78, 5) is 25.8. The lowest BCUT2D eigenvalue weighted by Crippen LogP contribution is -2.17. The SMILES string of the molecule is C=CCn1c(SCC(=O)Nc2sc(C)c(C)c2C(=O)OC)nnc1C(C)Oc1ccc(Cl)cc1C. The molecule has 0 aliphatic heterocycles. The fraction of sp³-hybridized carbons (Fsp3) is 0.333. The first-order valence-electron chi connectivity index (χ1n) is 10.7. The van der Waals surface area contributed by atoms with Crippen molar-refractivity contribution in [1.82, 2.24) is 14.8 Å². The molecule has 3 rings (SSSR count). The molecule has 11 heteroatoms. The summed E-state index contributed by atoms with van der Waals surface area (Å²) in [6.07, 6.45) is 1.34. The predicted octanol–water partition coefficient (Wildman–Crippen LogP) is 5.76. The lowest BCUT2D eigenvalue weighted by Gasteiger charge is -2.17. The molecule has 1 atom stereocenters. The van der Waals surface area contributed by atoms with E-state index in [-0.39, 0.29) is 11.7 Å². The van der Waals surface area contributed by atoms with Gasteiger partial charge in [-0.15, -0.1) is 28.1 Å².